The number of amides is 2. The van der Waals surface area contributed by atoms with Gasteiger partial charge in [-0.25, -0.2) is 9.79 Å². The van der Waals surface area contributed by atoms with Crippen LogP contribution < -0.4 is 10.6 Å². The van der Waals surface area contributed by atoms with Crippen LogP contribution >= 0.6 is 0 Å². The minimum absolute atomic E-state index is 0.137. The number of hydrogen-bond acceptors (Lipinski definition) is 3. The van der Waals surface area contributed by atoms with Crippen molar-refractivity contribution in [3.8, 4) is 6.19 Å². The Labute approximate surface area is 206 Å². The summed E-state index contributed by atoms with van der Waals surface area (Å²) in [5, 5.41) is 15.3. The maximum Gasteiger partial charge on any atom is 0.322 e. The molecule has 0 aliphatic carbocycles. The second kappa shape index (κ2) is 10.7. The molecule has 1 fully saturated rings. The molecule has 1 aliphatic heterocycles. The normalized spacial score (nSPS) is 15.9. The summed E-state index contributed by atoms with van der Waals surface area (Å²) in [5.41, 5.74) is 5.76. The molecule has 1 unspecified atom stereocenters. The molecule has 0 bridgehead atoms. The molecular formula is C28H30N6O. The van der Waals surface area contributed by atoms with Gasteiger partial charge in [0.2, 0.25) is 5.96 Å². The Kier molecular flexibility index (Phi) is 7.32. The predicted octanol–water partition coefficient (Wildman–Crippen LogP) is 5.26. The van der Waals surface area contributed by atoms with Gasteiger partial charge in [-0.05, 0) is 49.1 Å². The molecule has 0 saturated carbocycles. The number of nitriles is 1. The smallest absolute Gasteiger partial charge is 0.322 e. The number of anilines is 1. The molecule has 3 aromatic rings. The fourth-order valence-corrected chi connectivity index (χ4v) is 4.40. The molecule has 0 spiro atoms. The highest BCUT2D eigenvalue weighted by molar-refractivity contribution is 5.92. The van der Waals surface area contributed by atoms with E-state index in [9.17, 15) is 10.1 Å². The maximum atomic E-state index is 13.5. The molecule has 2 amide bonds. The van der Waals surface area contributed by atoms with Crippen LogP contribution in [-0.2, 0) is 0 Å². The summed E-state index contributed by atoms with van der Waals surface area (Å²) in [5.74, 6) is 0.484. The molecule has 35 heavy (non-hydrogen) atoms. The van der Waals surface area contributed by atoms with Gasteiger partial charge in [0, 0.05) is 25.3 Å². The van der Waals surface area contributed by atoms with Crippen molar-refractivity contribution in [2.24, 2.45) is 4.99 Å². The van der Waals surface area contributed by atoms with Gasteiger partial charge in [0.25, 0.3) is 0 Å². The second-order valence-electron chi connectivity index (χ2n) is 8.72. The highest BCUT2D eigenvalue weighted by atomic mass is 16.2. The SMILES string of the molecule is Cc1ccccc1N=C(NC#N)N1CCN(C(=O)Nc2c(C)cccc2C)C(c2ccccc2)C1. The number of para-hydroxylation sites is 2. The Morgan fingerprint density at radius 2 is 1.57 bits per heavy atom. The van der Waals surface area contributed by atoms with Crippen LogP contribution in [0.15, 0.2) is 77.8 Å². The number of carbonyl (C=O) groups excluding carboxylic acids is 1. The van der Waals surface area contributed by atoms with Gasteiger partial charge in [-0.15, -0.1) is 0 Å². The van der Waals surface area contributed by atoms with E-state index in [1.807, 2.05) is 110 Å². The van der Waals surface area contributed by atoms with E-state index in [1.54, 1.807) is 0 Å². The van der Waals surface area contributed by atoms with Crippen LogP contribution in [0.2, 0.25) is 0 Å². The third-order valence-electron chi connectivity index (χ3n) is 6.35. The highest BCUT2D eigenvalue weighted by Gasteiger charge is 2.33. The number of nitrogens with one attached hydrogen (secondary N) is 2. The average molecular weight is 467 g/mol. The quantitative estimate of drug-likeness (QED) is 0.239. The van der Waals surface area contributed by atoms with Gasteiger partial charge >= 0.3 is 6.03 Å². The molecule has 0 aromatic heterocycles. The molecular weight excluding hydrogens is 436 g/mol. The van der Waals surface area contributed by atoms with Gasteiger partial charge in [0.05, 0.1) is 11.7 Å². The summed E-state index contributed by atoms with van der Waals surface area (Å²) < 4.78 is 0. The van der Waals surface area contributed by atoms with Crippen LogP contribution in [0.5, 0.6) is 0 Å². The highest BCUT2D eigenvalue weighted by Crippen LogP contribution is 2.28. The van der Waals surface area contributed by atoms with Crippen molar-refractivity contribution >= 4 is 23.4 Å². The van der Waals surface area contributed by atoms with E-state index in [0.29, 0.717) is 25.6 Å². The van der Waals surface area contributed by atoms with E-state index in [4.69, 9.17) is 4.99 Å². The lowest BCUT2D eigenvalue weighted by Crippen LogP contribution is -2.55. The standard InChI is InChI=1S/C28H30N6O/c1-20-10-7-8-15-24(20)31-27(30-19-29)33-16-17-34(25(18-33)23-13-5-4-6-14-23)28(35)32-26-21(2)11-9-12-22(26)3/h4-15,25H,16-18H2,1-3H3,(H,30,31)(H,32,35). The zero-order valence-electron chi connectivity index (χ0n) is 20.3. The van der Waals surface area contributed by atoms with Gasteiger partial charge in [-0.2, -0.15) is 5.26 Å². The van der Waals surface area contributed by atoms with Crippen LogP contribution in [-0.4, -0.2) is 41.4 Å². The van der Waals surface area contributed by atoms with Gasteiger partial charge in [0.15, 0.2) is 6.19 Å². The van der Waals surface area contributed by atoms with Crippen LogP contribution in [0.3, 0.4) is 0 Å². The first-order valence-corrected chi connectivity index (χ1v) is 11.7. The van der Waals surface area contributed by atoms with Crippen molar-refractivity contribution < 1.29 is 4.79 Å². The second-order valence-corrected chi connectivity index (χ2v) is 8.72. The summed E-state index contributed by atoms with van der Waals surface area (Å²) in [6.07, 6.45) is 2.02. The fourth-order valence-electron chi connectivity index (χ4n) is 4.40. The Balaban J connectivity index is 1.63. The number of carbonyl (C=O) groups is 1. The Morgan fingerprint density at radius 1 is 0.914 bits per heavy atom. The molecule has 1 saturated heterocycles. The summed E-state index contributed by atoms with van der Waals surface area (Å²) in [4.78, 5) is 22.2. The zero-order chi connectivity index (χ0) is 24.8. The topological polar surface area (TPSA) is 83.8 Å². The summed E-state index contributed by atoms with van der Waals surface area (Å²) in [6, 6.07) is 23.4. The van der Waals surface area contributed by atoms with Crippen molar-refractivity contribution in [2.45, 2.75) is 26.8 Å². The number of hydrogen-bond donors (Lipinski definition) is 2. The molecule has 1 aliphatic rings. The van der Waals surface area contributed by atoms with Gasteiger partial charge < -0.3 is 15.1 Å². The summed E-state index contributed by atoms with van der Waals surface area (Å²) in [7, 11) is 0. The molecule has 2 N–H and O–H groups in total. The first-order chi connectivity index (χ1) is 17.0. The number of aryl methyl sites for hydroxylation is 3. The molecule has 178 valence electrons. The third kappa shape index (κ3) is 5.44. The van der Waals surface area contributed by atoms with Gasteiger partial charge in [-0.1, -0.05) is 66.7 Å². The van der Waals surface area contributed by atoms with Crippen molar-refractivity contribution in [3.05, 3.63) is 95.1 Å². The number of urea groups is 1. The van der Waals surface area contributed by atoms with Gasteiger partial charge in [0.1, 0.15) is 0 Å². The van der Waals surface area contributed by atoms with Crippen molar-refractivity contribution in [1.29, 1.82) is 5.26 Å². The van der Waals surface area contributed by atoms with Crippen molar-refractivity contribution in [3.63, 3.8) is 0 Å². The van der Waals surface area contributed by atoms with E-state index in [0.717, 1.165) is 33.6 Å². The van der Waals surface area contributed by atoms with Crippen molar-refractivity contribution in [2.75, 3.05) is 25.0 Å². The van der Waals surface area contributed by atoms with Crippen LogP contribution in [0.25, 0.3) is 0 Å². The summed E-state index contributed by atoms with van der Waals surface area (Å²) >= 11 is 0. The molecule has 1 heterocycles. The van der Waals surface area contributed by atoms with Crippen LogP contribution in [0.1, 0.15) is 28.3 Å². The Hall–Kier alpha value is -4.31. The molecule has 0 radical (unpaired) electrons. The minimum atomic E-state index is -0.211. The lowest BCUT2D eigenvalue weighted by molar-refractivity contribution is 0.135. The molecule has 3 aromatic carbocycles. The number of rotatable bonds is 3. The zero-order valence-corrected chi connectivity index (χ0v) is 20.3. The predicted molar refractivity (Wildman–Crippen MR) is 139 cm³/mol. The van der Waals surface area contributed by atoms with Crippen LogP contribution in [0.4, 0.5) is 16.2 Å². The van der Waals surface area contributed by atoms with E-state index >= 15 is 0 Å². The minimum Gasteiger partial charge on any atom is -0.338 e. The Bertz CT molecular complexity index is 1240. The van der Waals surface area contributed by atoms with Gasteiger partial charge in [-0.3, -0.25) is 5.32 Å². The fraction of sp³-hybridized carbons (Fsp3) is 0.250. The monoisotopic (exact) mass is 466 g/mol. The summed E-state index contributed by atoms with van der Waals surface area (Å²) in [6.45, 7) is 7.52. The molecule has 7 nitrogen and oxygen atoms in total. The number of nitrogens with zero attached hydrogens (tertiary/aromatic N) is 4. The van der Waals surface area contributed by atoms with E-state index < -0.39 is 0 Å². The molecule has 7 heteroatoms. The molecule has 1 atom stereocenters. The lowest BCUT2D eigenvalue weighted by Gasteiger charge is -2.42. The number of aliphatic imine (C=N–C) groups is 1. The van der Waals surface area contributed by atoms with E-state index in [-0.39, 0.29) is 12.1 Å². The van der Waals surface area contributed by atoms with Crippen molar-refractivity contribution in [1.82, 2.24) is 15.1 Å². The number of benzene rings is 3. The first-order valence-electron chi connectivity index (χ1n) is 11.7. The third-order valence-corrected chi connectivity index (χ3v) is 6.35. The van der Waals surface area contributed by atoms with E-state index in [2.05, 4.69) is 10.6 Å². The maximum absolute atomic E-state index is 13.5. The number of guanidine groups is 1. The first kappa shape index (κ1) is 23.8. The number of piperazine rings is 1. The molecule has 4 rings (SSSR count). The largest absolute Gasteiger partial charge is 0.338 e. The van der Waals surface area contributed by atoms with E-state index in [1.165, 1.54) is 0 Å². The Morgan fingerprint density at radius 3 is 2.26 bits per heavy atom. The van der Waals surface area contributed by atoms with Crippen LogP contribution in [0, 0.1) is 32.2 Å². The average Bonchev–Trinajstić information content (AvgIpc) is 2.87. The lowest BCUT2D eigenvalue weighted by atomic mass is 10.0.